The van der Waals surface area contributed by atoms with Crippen molar-refractivity contribution in [2.75, 3.05) is 26.3 Å². The van der Waals surface area contributed by atoms with Crippen molar-refractivity contribution in [3.63, 3.8) is 0 Å². The molecule has 1 fully saturated rings. The number of urea groups is 1. The molecule has 0 bridgehead atoms. The molecule has 19 heavy (non-hydrogen) atoms. The topological polar surface area (TPSA) is 87.7 Å². The zero-order valence-corrected chi connectivity index (χ0v) is 11.5. The van der Waals surface area contributed by atoms with E-state index in [1.165, 1.54) is 25.7 Å². The second-order valence-corrected chi connectivity index (χ2v) is 5.12. The molecule has 1 aliphatic rings. The predicted octanol–water partition coefficient (Wildman–Crippen LogP) is 1.36. The van der Waals surface area contributed by atoms with E-state index in [0.717, 1.165) is 6.42 Å². The van der Waals surface area contributed by atoms with Gasteiger partial charge in [-0.2, -0.15) is 0 Å². The van der Waals surface area contributed by atoms with Crippen molar-refractivity contribution in [3.05, 3.63) is 0 Å². The van der Waals surface area contributed by atoms with Crippen LogP contribution < -0.4 is 10.6 Å². The third-order valence-corrected chi connectivity index (χ3v) is 3.80. The lowest BCUT2D eigenvalue weighted by Gasteiger charge is -2.27. The van der Waals surface area contributed by atoms with Gasteiger partial charge in [-0.3, -0.25) is 0 Å². The molecule has 0 heterocycles. The van der Waals surface area contributed by atoms with Crippen LogP contribution in [0.1, 0.15) is 39.0 Å². The van der Waals surface area contributed by atoms with Crippen molar-refractivity contribution in [2.24, 2.45) is 5.41 Å². The van der Waals surface area contributed by atoms with Gasteiger partial charge in [0.25, 0.3) is 0 Å². The van der Waals surface area contributed by atoms with E-state index in [-0.39, 0.29) is 24.7 Å². The Kier molecular flexibility index (Phi) is 6.62. The van der Waals surface area contributed by atoms with E-state index in [9.17, 15) is 9.59 Å². The normalized spacial score (nSPS) is 17.1. The lowest BCUT2D eigenvalue weighted by atomic mass is 9.83. The minimum Gasteiger partial charge on any atom is -0.480 e. The Morgan fingerprint density at radius 3 is 2.53 bits per heavy atom. The number of hydrogen-bond acceptors (Lipinski definition) is 3. The first-order chi connectivity index (χ1) is 9.08. The van der Waals surface area contributed by atoms with Crippen molar-refractivity contribution >= 4 is 12.0 Å². The molecule has 0 spiro atoms. The molecule has 6 heteroatoms. The number of carbonyl (C=O) groups is 2. The molecule has 110 valence electrons. The van der Waals surface area contributed by atoms with Crippen molar-refractivity contribution in [2.45, 2.75) is 39.0 Å². The summed E-state index contributed by atoms with van der Waals surface area (Å²) in [5.74, 6) is -1.00. The summed E-state index contributed by atoms with van der Waals surface area (Å²) >= 11 is 0. The number of carboxylic acid groups (broad SMARTS) is 1. The van der Waals surface area contributed by atoms with Crippen LogP contribution in [0.15, 0.2) is 0 Å². The van der Waals surface area contributed by atoms with Gasteiger partial charge in [0.15, 0.2) is 0 Å². The molecule has 3 N–H and O–H groups in total. The fourth-order valence-corrected chi connectivity index (χ4v) is 2.51. The molecule has 0 radical (unpaired) electrons. The van der Waals surface area contributed by atoms with Crippen molar-refractivity contribution in [3.8, 4) is 0 Å². The minimum atomic E-state index is -1.00. The summed E-state index contributed by atoms with van der Waals surface area (Å²) in [6.45, 7) is 3.08. The van der Waals surface area contributed by atoms with E-state index in [1.54, 1.807) is 0 Å². The maximum atomic E-state index is 11.6. The fourth-order valence-electron chi connectivity index (χ4n) is 2.51. The van der Waals surface area contributed by atoms with Gasteiger partial charge in [0.2, 0.25) is 0 Å². The summed E-state index contributed by atoms with van der Waals surface area (Å²) in [6.07, 6.45) is 5.96. The predicted molar refractivity (Wildman–Crippen MR) is 71.0 cm³/mol. The molecule has 1 saturated carbocycles. The first-order valence-corrected chi connectivity index (χ1v) is 6.89. The molecular weight excluding hydrogens is 248 g/mol. The van der Waals surface area contributed by atoms with Crippen molar-refractivity contribution < 1.29 is 19.4 Å². The number of aliphatic carboxylic acids is 1. The average Bonchev–Trinajstić information content (AvgIpc) is 2.85. The summed E-state index contributed by atoms with van der Waals surface area (Å²) in [4.78, 5) is 21.8. The Morgan fingerprint density at radius 2 is 1.95 bits per heavy atom. The monoisotopic (exact) mass is 272 g/mol. The maximum absolute atomic E-state index is 11.6. The van der Waals surface area contributed by atoms with Crippen LogP contribution in [0.4, 0.5) is 4.79 Å². The quantitative estimate of drug-likeness (QED) is 0.582. The van der Waals surface area contributed by atoms with Gasteiger partial charge in [0.05, 0.1) is 6.61 Å². The summed E-state index contributed by atoms with van der Waals surface area (Å²) in [5, 5.41) is 13.9. The van der Waals surface area contributed by atoms with E-state index in [0.29, 0.717) is 13.1 Å². The molecule has 0 aromatic heterocycles. The highest BCUT2D eigenvalue weighted by atomic mass is 16.5. The number of hydrogen-bond donors (Lipinski definition) is 3. The molecule has 1 aliphatic carbocycles. The van der Waals surface area contributed by atoms with Gasteiger partial charge in [-0.15, -0.1) is 0 Å². The number of ether oxygens (including phenoxy) is 1. The van der Waals surface area contributed by atoms with Gasteiger partial charge < -0.3 is 20.5 Å². The average molecular weight is 272 g/mol. The second kappa shape index (κ2) is 7.99. The number of rotatable bonds is 8. The van der Waals surface area contributed by atoms with Crippen LogP contribution in [0, 0.1) is 5.41 Å². The third-order valence-electron chi connectivity index (χ3n) is 3.80. The van der Waals surface area contributed by atoms with Gasteiger partial charge in [-0.05, 0) is 24.7 Å². The van der Waals surface area contributed by atoms with Crippen LogP contribution in [0.25, 0.3) is 0 Å². The Balaban J connectivity index is 2.09. The molecule has 0 unspecified atom stereocenters. The number of amides is 2. The van der Waals surface area contributed by atoms with Gasteiger partial charge in [0, 0.05) is 13.1 Å². The van der Waals surface area contributed by atoms with Crippen molar-refractivity contribution in [1.82, 2.24) is 10.6 Å². The van der Waals surface area contributed by atoms with E-state index >= 15 is 0 Å². The van der Waals surface area contributed by atoms with E-state index in [1.807, 2.05) is 0 Å². The fraction of sp³-hybridized carbons (Fsp3) is 0.846. The van der Waals surface area contributed by atoms with E-state index in [2.05, 4.69) is 17.6 Å². The summed E-state index contributed by atoms with van der Waals surface area (Å²) < 4.78 is 4.82. The highest BCUT2D eigenvalue weighted by molar-refractivity contribution is 5.73. The van der Waals surface area contributed by atoms with E-state index in [4.69, 9.17) is 9.84 Å². The molecule has 0 saturated heterocycles. The van der Waals surface area contributed by atoms with Crippen molar-refractivity contribution in [1.29, 1.82) is 0 Å². The largest absolute Gasteiger partial charge is 0.480 e. The molecule has 0 aromatic rings. The minimum absolute atomic E-state index is 0.207. The van der Waals surface area contributed by atoms with Gasteiger partial charge >= 0.3 is 12.0 Å². The van der Waals surface area contributed by atoms with Gasteiger partial charge in [-0.25, -0.2) is 9.59 Å². The van der Waals surface area contributed by atoms with Gasteiger partial charge in [-0.1, -0.05) is 19.8 Å². The number of nitrogens with one attached hydrogen (secondary N) is 2. The van der Waals surface area contributed by atoms with Crippen LogP contribution in [-0.4, -0.2) is 43.4 Å². The Hall–Kier alpha value is -1.30. The molecule has 0 atom stereocenters. The van der Waals surface area contributed by atoms with Crippen LogP contribution in [0.2, 0.25) is 0 Å². The SMILES string of the molecule is CCC1(CNC(=O)NCCOCC(=O)O)CCCC1. The van der Waals surface area contributed by atoms with Crippen LogP contribution in [-0.2, 0) is 9.53 Å². The highest BCUT2D eigenvalue weighted by Gasteiger charge is 2.32. The van der Waals surface area contributed by atoms with Crippen LogP contribution in [0.5, 0.6) is 0 Å². The molecule has 0 aliphatic heterocycles. The lowest BCUT2D eigenvalue weighted by molar-refractivity contribution is -0.142. The zero-order chi connectivity index (χ0) is 14.1. The molecule has 1 rings (SSSR count). The van der Waals surface area contributed by atoms with Crippen LogP contribution >= 0.6 is 0 Å². The Bertz CT molecular complexity index is 301. The smallest absolute Gasteiger partial charge is 0.329 e. The zero-order valence-electron chi connectivity index (χ0n) is 11.5. The molecule has 0 aromatic carbocycles. The molecule has 2 amide bonds. The number of carbonyl (C=O) groups excluding carboxylic acids is 1. The Labute approximate surface area is 113 Å². The van der Waals surface area contributed by atoms with Gasteiger partial charge in [0.1, 0.15) is 6.61 Å². The van der Waals surface area contributed by atoms with E-state index < -0.39 is 5.97 Å². The summed E-state index contributed by atoms with van der Waals surface area (Å²) in [5.41, 5.74) is 0.275. The molecular formula is C13H24N2O4. The lowest BCUT2D eigenvalue weighted by Crippen LogP contribution is -2.42. The standard InChI is InChI=1S/C13H24N2O4/c1-2-13(5-3-4-6-13)10-15-12(18)14-7-8-19-9-11(16)17/h2-10H2,1H3,(H,16,17)(H2,14,15,18). The first-order valence-electron chi connectivity index (χ1n) is 6.89. The molecule has 6 nitrogen and oxygen atoms in total. The second-order valence-electron chi connectivity index (χ2n) is 5.12. The third kappa shape index (κ3) is 5.92. The Morgan fingerprint density at radius 1 is 1.26 bits per heavy atom. The highest BCUT2D eigenvalue weighted by Crippen LogP contribution is 2.40. The maximum Gasteiger partial charge on any atom is 0.329 e. The summed E-state index contributed by atoms with van der Waals surface area (Å²) in [7, 11) is 0. The number of carboxylic acids is 1. The first kappa shape index (κ1) is 15.8. The summed E-state index contributed by atoms with van der Waals surface area (Å²) in [6, 6.07) is -0.210. The van der Waals surface area contributed by atoms with Crippen LogP contribution in [0.3, 0.4) is 0 Å².